The van der Waals surface area contributed by atoms with Crippen LogP contribution in [0.4, 0.5) is 9.59 Å². The van der Waals surface area contributed by atoms with E-state index in [0.29, 0.717) is 0 Å². The van der Waals surface area contributed by atoms with Crippen molar-refractivity contribution in [2.24, 2.45) is 11.5 Å². The number of benzene rings is 5. The maximum Gasteiger partial charge on any atom is 0.320 e. The van der Waals surface area contributed by atoms with E-state index in [1.165, 1.54) is 43.1 Å². The molecule has 5 rings (SSSR count). The third kappa shape index (κ3) is 2.97. The van der Waals surface area contributed by atoms with E-state index in [9.17, 15) is 9.59 Å². The van der Waals surface area contributed by atoms with Crippen LogP contribution in [0.5, 0.6) is 0 Å². The Morgan fingerprint density at radius 1 is 0.643 bits per heavy atom. The molecule has 5 N–H and O–H groups in total. The Balaban J connectivity index is 0.000000239. The highest BCUT2D eigenvalue weighted by molar-refractivity contribution is 9.10. The molecule has 5 nitrogen and oxygen atoms in total. The molecule has 6 heteroatoms. The summed E-state index contributed by atoms with van der Waals surface area (Å²) in [5.41, 5.74) is 8.88. The van der Waals surface area contributed by atoms with Gasteiger partial charge in [0.15, 0.2) is 0 Å². The molecule has 0 aromatic heterocycles. The second-order valence-electron chi connectivity index (χ2n) is 6.39. The summed E-state index contributed by atoms with van der Waals surface area (Å²) in [6, 6.07) is 22.3. The fourth-order valence-corrected chi connectivity index (χ4v) is 4.19. The lowest BCUT2D eigenvalue weighted by molar-refractivity contribution is 0.236. The predicted octanol–water partition coefficient (Wildman–Crippen LogP) is 5.23. The van der Waals surface area contributed by atoms with Gasteiger partial charge in [0.25, 0.3) is 0 Å². The van der Waals surface area contributed by atoms with Gasteiger partial charge in [0, 0.05) is 4.47 Å². The van der Waals surface area contributed by atoms with Crippen molar-refractivity contribution in [3.8, 4) is 0 Å². The van der Waals surface area contributed by atoms with Gasteiger partial charge < -0.3 is 11.5 Å². The molecular formula is C22H16BrN3O2. The summed E-state index contributed by atoms with van der Waals surface area (Å²) in [6.07, 6.45) is 0. The largest absolute Gasteiger partial charge is 0.351 e. The number of urea groups is 2. The normalized spacial score (nSPS) is 10.9. The van der Waals surface area contributed by atoms with E-state index in [-0.39, 0.29) is 0 Å². The van der Waals surface area contributed by atoms with Crippen molar-refractivity contribution in [3.05, 3.63) is 71.2 Å². The Kier molecular flexibility index (Phi) is 4.49. The summed E-state index contributed by atoms with van der Waals surface area (Å²) in [6.45, 7) is 0. The molecule has 0 atom stereocenters. The Bertz CT molecular complexity index is 1300. The second kappa shape index (κ2) is 6.98. The molecule has 5 aromatic carbocycles. The van der Waals surface area contributed by atoms with E-state index in [1.807, 2.05) is 0 Å². The molecule has 4 amide bonds. The van der Waals surface area contributed by atoms with Crippen LogP contribution in [0.25, 0.3) is 43.1 Å². The number of halogens is 1. The molecule has 28 heavy (non-hydrogen) atoms. The van der Waals surface area contributed by atoms with Gasteiger partial charge in [0.2, 0.25) is 0 Å². The van der Waals surface area contributed by atoms with Gasteiger partial charge in [-0.1, -0.05) is 76.6 Å². The highest BCUT2D eigenvalue weighted by atomic mass is 79.9. The smallest absolute Gasteiger partial charge is 0.320 e. The van der Waals surface area contributed by atoms with Crippen LogP contribution in [0, 0.1) is 0 Å². The SMILES string of the molecule is Brc1ccc2c3cccc4cccc(c5cccc1c52)c43.NC(=O)NC(N)=O. The summed E-state index contributed by atoms with van der Waals surface area (Å²) in [7, 11) is 0. The summed E-state index contributed by atoms with van der Waals surface area (Å²) in [4.78, 5) is 19.2. The lowest BCUT2D eigenvalue weighted by atomic mass is 9.90. The van der Waals surface area contributed by atoms with Crippen molar-refractivity contribution in [2.45, 2.75) is 0 Å². The van der Waals surface area contributed by atoms with E-state index in [1.54, 1.807) is 5.32 Å². The zero-order chi connectivity index (χ0) is 19.8. The minimum absolute atomic E-state index is 0.937. The molecule has 0 radical (unpaired) electrons. The van der Waals surface area contributed by atoms with Crippen LogP contribution in [-0.4, -0.2) is 12.1 Å². The number of rotatable bonds is 0. The van der Waals surface area contributed by atoms with Crippen LogP contribution < -0.4 is 16.8 Å². The fraction of sp³-hybridized carbons (Fsp3) is 0. The van der Waals surface area contributed by atoms with Gasteiger partial charge in [-0.05, 0) is 49.2 Å². The Morgan fingerprint density at radius 2 is 1.11 bits per heavy atom. The van der Waals surface area contributed by atoms with Crippen LogP contribution in [0.1, 0.15) is 0 Å². The van der Waals surface area contributed by atoms with Crippen LogP contribution >= 0.6 is 15.9 Å². The maximum atomic E-state index is 9.62. The molecule has 138 valence electrons. The van der Waals surface area contributed by atoms with Crippen LogP contribution in [0.3, 0.4) is 0 Å². The minimum Gasteiger partial charge on any atom is -0.351 e. The zero-order valence-electron chi connectivity index (χ0n) is 14.7. The standard InChI is InChI=1S/C20H11Br.C2H5N3O2/c21-18-11-10-16-14-7-2-5-12-4-1-6-13(19(12)14)15-8-3-9-17(18)20(15)16;3-1(6)5-2(4)7/h1-11H;(H5,3,4,5,6,7). The van der Waals surface area contributed by atoms with Crippen molar-refractivity contribution in [3.63, 3.8) is 0 Å². The van der Waals surface area contributed by atoms with Gasteiger partial charge in [-0.25, -0.2) is 9.59 Å². The van der Waals surface area contributed by atoms with Crippen molar-refractivity contribution >= 4 is 71.1 Å². The molecule has 0 heterocycles. The molecule has 0 saturated carbocycles. The number of hydrogen-bond donors (Lipinski definition) is 3. The highest BCUT2D eigenvalue weighted by Gasteiger charge is 2.13. The summed E-state index contributed by atoms with van der Waals surface area (Å²) in [5, 5.41) is 12.3. The number of fused-ring (bicyclic) bond motifs is 2. The molecule has 5 aromatic rings. The first kappa shape index (κ1) is 18.0. The maximum absolute atomic E-state index is 9.62. The van der Waals surface area contributed by atoms with E-state index < -0.39 is 12.1 Å². The molecule has 0 bridgehead atoms. The topological polar surface area (TPSA) is 98.2 Å². The third-order valence-corrected chi connectivity index (χ3v) is 5.41. The van der Waals surface area contributed by atoms with E-state index >= 15 is 0 Å². The predicted molar refractivity (Wildman–Crippen MR) is 118 cm³/mol. The number of carbonyl (C=O) groups excluding carboxylic acids is 2. The molecule has 0 aliphatic carbocycles. The highest BCUT2D eigenvalue weighted by Crippen LogP contribution is 2.41. The quantitative estimate of drug-likeness (QED) is 0.230. The summed E-state index contributed by atoms with van der Waals surface area (Å²) < 4.78 is 1.16. The Hall–Kier alpha value is -3.38. The first-order chi connectivity index (χ1) is 13.5. The number of amides is 4. The van der Waals surface area contributed by atoms with Crippen LogP contribution in [0.2, 0.25) is 0 Å². The lowest BCUT2D eigenvalue weighted by Crippen LogP contribution is -2.38. The number of primary amides is 2. The number of hydrogen-bond acceptors (Lipinski definition) is 2. The molecule has 0 fully saturated rings. The van der Waals surface area contributed by atoms with E-state index in [2.05, 4.69) is 94.1 Å². The van der Waals surface area contributed by atoms with Crippen molar-refractivity contribution < 1.29 is 9.59 Å². The first-order valence-corrected chi connectivity index (χ1v) is 9.36. The summed E-state index contributed by atoms with van der Waals surface area (Å²) >= 11 is 3.70. The second-order valence-corrected chi connectivity index (χ2v) is 7.24. The number of imide groups is 1. The van der Waals surface area contributed by atoms with Gasteiger partial charge in [-0.15, -0.1) is 0 Å². The fourth-order valence-electron chi connectivity index (χ4n) is 3.73. The van der Waals surface area contributed by atoms with E-state index in [4.69, 9.17) is 0 Å². The summed E-state index contributed by atoms with van der Waals surface area (Å²) in [5.74, 6) is 0. The van der Waals surface area contributed by atoms with Gasteiger partial charge in [-0.2, -0.15) is 0 Å². The minimum atomic E-state index is -0.938. The molecule has 0 aliphatic heterocycles. The van der Waals surface area contributed by atoms with Crippen LogP contribution in [-0.2, 0) is 0 Å². The number of carbonyl (C=O) groups is 2. The van der Waals surface area contributed by atoms with Gasteiger partial charge in [0.1, 0.15) is 0 Å². The number of nitrogens with one attached hydrogen (secondary N) is 1. The molecule has 0 aliphatic rings. The van der Waals surface area contributed by atoms with Crippen molar-refractivity contribution in [1.82, 2.24) is 5.32 Å². The average Bonchev–Trinajstić information content (AvgIpc) is 2.66. The molecular weight excluding hydrogens is 418 g/mol. The third-order valence-electron chi connectivity index (χ3n) is 4.72. The van der Waals surface area contributed by atoms with E-state index in [0.717, 1.165) is 4.47 Å². The average molecular weight is 434 g/mol. The Morgan fingerprint density at radius 3 is 1.64 bits per heavy atom. The van der Waals surface area contributed by atoms with Crippen molar-refractivity contribution in [1.29, 1.82) is 0 Å². The molecule has 0 saturated heterocycles. The van der Waals surface area contributed by atoms with Gasteiger partial charge in [0.05, 0.1) is 0 Å². The lowest BCUT2D eigenvalue weighted by Gasteiger charge is -2.14. The van der Waals surface area contributed by atoms with Crippen molar-refractivity contribution in [2.75, 3.05) is 0 Å². The molecule has 0 unspecified atom stereocenters. The molecule has 0 spiro atoms. The number of nitrogens with two attached hydrogens (primary N) is 2. The van der Waals surface area contributed by atoms with Gasteiger partial charge in [-0.3, -0.25) is 5.32 Å². The first-order valence-electron chi connectivity index (χ1n) is 8.57. The monoisotopic (exact) mass is 433 g/mol. The van der Waals surface area contributed by atoms with Crippen LogP contribution in [0.15, 0.2) is 71.2 Å². The Labute approximate surface area is 168 Å². The van der Waals surface area contributed by atoms with Gasteiger partial charge >= 0.3 is 12.1 Å². The zero-order valence-corrected chi connectivity index (χ0v) is 16.3.